The lowest BCUT2D eigenvalue weighted by Crippen LogP contribution is -2.03. The molecule has 1 aromatic heterocycles. The fraction of sp³-hybridized carbons (Fsp3) is 0.231. The highest BCUT2D eigenvalue weighted by atomic mass is 19.3. The summed E-state index contributed by atoms with van der Waals surface area (Å²) in [5.74, 6) is 0.731. The number of rotatable bonds is 5. The first-order chi connectivity index (χ1) is 8.65. The molecule has 1 atom stereocenters. The zero-order valence-electron chi connectivity index (χ0n) is 9.42. The maximum Gasteiger partial charge on any atom is 0.387 e. The quantitative estimate of drug-likeness (QED) is 0.891. The van der Waals surface area contributed by atoms with Gasteiger partial charge in [0, 0.05) is 6.42 Å². The second-order valence-corrected chi connectivity index (χ2v) is 3.75. The van der Waals surface area contributed by atoms with Crippen molar-refractivity contribution in [2.24, 2.45) is 0 Å². The molecule has 2 aromatic rings. The van der Waals surface area contributed by atoms with Gasteiger partial charge in [0.25, 0.3) is 0 Å². The average Bonchev–Trinajstić information content (AvgIpc) is 2.82. The molecule has 5 heteroatoms. The zero-order chi connectivity index (χ0) is 13.0. The Morgan fingerprint density at radius 1 is 1.17 bits per heavy atom. The van der Waals surface area contributed by atoms with E-state index in [1.54, 1.807) is 24.3 Å². The molecule has 0 amide bonds. The molecule has 18 heavy (non-hydrogen) atoms. The minimum Gasteiger partial charge on any atom is -0.469 e. The van der Waals surface area contributed by atoms with Crippen LogP contribution in [0.15, 0.2) is 47.1 Å². The van der Waals surface area contributed by atoms with Gasteiger partial charge in [0.2, 0.25) is 0 Å². The normalized spacial score (nSPS) is 12.7. The van der Waals surface area contributed by atoms with Crippen molar-refractivity contribution in [3.8, 4) is 5.75 Å². The Labute approximate surface area is 103 Å². The van der Waals surface area contributed by atoms with Crippen molar-refractivity contribution < 1.29 is 23.0 Å². The topological polar surface area (TPSA) is 42.6 Å². The van der Waals surface area contributed by atoms with Gasteiger partial charge in [-0.05, 0) is 29.8 Å². The molecule has 1 heterocycles. The zero-order valence-corrected chi connectivity index (χ0v) is 9.42. The van der Waals surface area contributed by atoms with Crippen molar-refractivity contribution in [1.29, 1.82) is 0 Å². The van der Waals surface area contributed by atoms with Crippen LogP contribution in [0, 0.1) is 0 Å². The smallest absolute Gasteiger partial charge is 0.387 e. The van der Waals surface area contributed by atoms with Crippen molar-refractivity contribution in [3.05, 3.63) is 54.0 Å². The molecule has 1 N–H and O–H groups in total. The third kappa shape index (κ3) is 3.30. The number of furan rings is 1. The number of aliphatic hydroxyl groups is 1. The van der Waals surface area contributed by atoms with Crippen LogP contribution < -0.4 is 4.74 Å². The van der Waals surface area contributed by atoms with Crippen LogP contribution in [0.2, 0.25) is 0 Å². The van der Waals surface area contributed by atoms with E-state index in [2.05, 4.69) is 4.74 Å². The molecule has 96 valence electrons. The van der Waals surface area contributed by atoms with Crippen LogP contribution >= 0.6 is 0 Å². The van der Waals surface area contributed by atoms with Gasteiger partial charge in [-0.25, -0.2) is 0 Å². The van der Waals surface area contributed by atoms with E-state index in [4.69, 9.17) is 4.42 Å². The van der Waals surface area contributed by atoms with Gasteiger partial charge in [0.15, 0.2) is 0 Å². The van der Waals surface area contributed by atoms with E-state index in [1.807, 2.05) is 0 Å². The Morgan fingerprint density at radius 3 is 2.44 bits per heavy atom. The summed E-state index contributed by atoms with van der Waals surface area (Å²) in [7, 11) is 0. The summed E-state index contributed by atoms with van der Waals surface area (Å²) in [5, 5.41) is 9.92. The number of benzene rings is 1. The Kier molecular flexibility index (Phi) is 3.94. The van der Waals surface area contributed by atoms with E-state index in [1.165, 1.54) is 18.4 Å². The molecule has 0 radical (unpaired) electrons. The Morgan fingerprint density at radius 2 is 1.89 bits per heavy atom. The van der Waals surface area contributed by atoms with Crippen LogP contribution in [-0.2, 0) is 6.42 Å². The first-order valence-electron chi connectivity index (χ1n) is 5.40. The summed E-state index contributed by atoms with van der Waals surface area (Å²) in [5.41, 5.74) is 0.619. The van der Waals surface area contributed by atoms with E-state index in [0.29, 0.717) is 17.7 Å². The van der Waals surface area contributed by atoms with Crippen LogP contribution in [0.3, 0.4) is 0 Å². The fourth-order valence-electron chi connectivity index (χ4n) is 1.61. The number of hydrogen-bond acceptors (Lipinski definition) is 3. The number of ether oxygens (including phenoxy) is 1. The lowest BCUT2D eigenvalue weighted by Gasteiger charge is -2.10. The molecule has 0 aliphatic carbocycles. The average molecular weight is 254 g/mol. The maximum absolute atomic E-state index is 11.9. The van der Waals surface area contributed by atoms with Crippen molar-refractivity contribution in [1.82, 2.24) is 0 Å². The highest BCUT2D eigenvalue weighted by molar-refractivity contribution is 5.29. The van der Waals surface area contributed by atoms with Gasteiger partial charge in [-0.1, -0.05) is 12.1 Å². The molecule has 0 bridgehead atoms. The molecule has 2 rings (SSSR count). The van der Waals surface area contributed by atoms with Crippen LogP contribution in [-0.4, -0.2) is 11.7 Å². The van der Waals surface area contributed by atoms with Crippen molar-refractivity contribution in [2.45, 2.75) is 19.1 Å². The standard InChI is InChI=1S/C13H12F2O3/c14-13(15)18-10-5-3-9(4-6-10)12(16)8-11-2-1-7-17-11/h1-7,12-13,16H,8H2. The highest BCUT2D eigenvalue weighted by Crippen LogP contribution is 2.22. The van der Waals surface area contributed by atoms with Crippen molar-refractivity contribution in [3.63, 3.8) is 0 Å². The molecule has 0 aliphatic heterocycles. The minimum atomic E-state index is -2.84. The number of aliphatic hydroxyl groups excluding tert-OH is 1. The fourth-order valence-corrected chi connectivity index (χ4v) is 1.61. The van der Waals surface area contributed by atoms with Gasteiger partial charge in [0.1, 0.15) is 11.5 Å². The monoisotopic (exact) mass is 254 g/mol. The SMILES string of the molecule is OC(Cc1ccco1)c1ccc(OC(F)F)cc1. The van der Waals surface area contributed by atoms with Crippen LogP contribution in [0.1, 0.15) is 17.4 Å². The lowest BCUT2D eigenvalue weighted by molar-refractivity contribution is -0.0498. The summed E-state index contributed by atoms with van der Waals surface area (Å²) >= 11 is 0. The van der Waals surface area contributed by atoms with Gasteiger partial charge >= 0.3 is 6.61 Å². The van der Waals surface area contributed by atoms with E-state index in [9.17, 15) is 13.9 Å². The summed E-state index contributed by atoms with van der Waals surface area (Å²) < 4.78 is 33.2. The Hall–Kier alpha value is -1.88. The highest BCUT2D eigenvalue weighted by Gasteiger charge is 2.11. The molecule has 3 nitrogen and oxygen atoms in total. The van der Waals surface area contributed by atoms with Crippen molar-refractivity contribution >= 4 is 0 Å². The molecule has 1 unspecified atom stereocenters. The largest absolute Gasteiger partial charge is 0.469 e. The van der Waals surface area contributed by atoms with Gasteiger partial charge in [0.05, 0.1) is 12.4 Å². The first-order valence-corrected chi connectivity index (χ1v) is 5.40. The molecule has 0 spiro atoms. The minimum absolute atomic E-state index is 0.0685. The van der Waals surface area contributed by atoms with Gasteiger partial charge in [-0.2, -0.15) is 8.78 Å². The summed E-state index contributed by atoms with van der Waals surface area (Å²) in [6, 6.07) is 9.38. The van der Waals surface area contributed by atoms with E-state index >= 15 is 0 Å². The predicted octanol–water partition coefficient (Wildman–Crippen LogP) is 3.16. The van der Waals surface area contributed by atoms with Crippen LogP contribution in [0.5, 0.6) is 5.75 Å². The third-order valence-electron chi connectivity index (χ3n) is 2.46. The number of alkyl halides is 2. The third-order valence-corrected chi connectivity index (χ3v) is 2.46. The molecular formula is C13H12F2O3. The van der Waals surface area contributed by atoms with Gasteiger partial charge in [-0.15, -0.1) is 0 Å². The molecule has 0 aliphatic rings. The predicted molar refractivity (Wildman–Crippen MR) is 60.4 cm³/mol. The molecule has 1 aromatic carbocycles. The van der Waals surface area contributed by atoms with Gasteiger partial charge in [-0.3, -0.25) is 0 Å². The summed E-state index contributed by atoms with van der Waals surface area (Å²) in [4.78, 5) is 0. The molecule has 0 saturated carbocycles. The lowest BCUT2D eigenvalue weighted by atomic mass is 10.1. The van der Waals surface area contributed by atoms with Crippen molar-refractivity contribution in [2.75, 3.05) is 0 Å². The number of hydrogen-bond donors (Lipinski definition) is 1. The second kappa shape index (κ2) is 5.64. The van der Waals surface area contributed by atoms with Crippen LogP contribution in [0.4, 0.5) is 8.78 Å². The summed E-state index contributed by atoms with van der Waals surface area (Å²) in [6.45, 7) is -2.84. The molecule has 0 fully saturated rings. The Balaban J connectivity index is 2.00. The van der Waals surface area contributed by atoms with Crippen LogP contribution in [0.25, 0.3) is 0 Å². The second-order valence-electron chi connectivity index (χ2n) is 3.75. The van der Waals surface area contributed by atoms with E-state index in [0.717, 1.165) is 0 Å². The number of halogens is 2. The van der Waals surface area contributed by atoms with E-state index in [-0.39, 0.29) is 5.75 Å². The van der Waals surface area contributed by atoms with Gasteiger partial charge < -0.3 is 14.3 Å². The first kappa shape index (κ1) is 12.6. The molecule has 0 saturated heterocycles. The van der Waals surface area contributed by atoms with E-state index < -0.39 is 12.7 Å². The summed E-state index contributed by atoms with van der Waals surface area (Å²) in [6.07, 6.45) is 1.13. The Bertz CT molecular complexity index is 465. The maximum atomic E-state index is 11.9. The molecular weight excluding hydrogens is 242 g/mol.